The summed E-state index contributed by atoms with van der Waals surface area (Å²) in [6.45, 7) is 13.5. The Bertz CT molecular complexity index is 4760. The summed E-state index contributed by atoms with van der Waals surface area (Å²) in [6, 6.07) is 35.6. The third kappa shape index (κ3) is 25.9. The number of carbonyl (C=O) groups is 9. The van der Waals surface area contributed by atoms with Crippen molar-refractivity contribution >= 4 is 86.2 Å². The van der Waals surface area contributed by atoms with Gasteiger partial charge in [0.05, 0.1) is 48.7 Å². The Balaban J connectivity index is 0.000000229. The van der Waals surface area contributed by atoms with Crippen LogP contribution >= 0.6 is 15.2 Å². The molecule has 116 heavy (non-hydrogen) atoms. The van der Waals surface area contributed by atoms with Crippen LogP contribution in [-0.4, -0.2) is 197 Å². The standard InChI is InChI=1S/C27H25N3O9.C26H23N3O9.C16H26N3O9P.C5H13O4P/c1-3-20(32)28-19-14-15-30(27(35)29-19)23-21(37-24(33)17-10-6-4-7-11-17)22(26(39-23)36-16(2)31)38-25(34)18-12-8-5-9-13-18;1-2-18(30)27-17-13-14-29(26(35)28-17)22-20(38-25(34)16-11-7-4-8-12-16)19(21(36-22)23(31)32)37-24(33)15-9-5-3-6-10-15;1-4-11(20)17-10-7-8-19(16(23)18-10)14-12(21)13(22)15(28-14)25-9-29(24,26-5-2)27-6-3;1-3-8-10(7,5-6)9-4-2/h4-15,21-23,26H,3H2,1-2H3,(H,28,29,32,35);3-14,19-22H,2H2,1H3,(H,31,32)(H,27,28,30,35);7-8,12-15,21-22H,4-6,9H2,1-3H3,(H,17,18,20,23);6H,3-5H2,1-2H3/t21-,22-,23+,26?;19-,20-,21-,22+;12-,13-,14+,15-;/m000./s1. The molecule has 42 heteroatoms. The van der Waals surface area contributed by atoms with E-state index in [2.05, 4.69) is 30.9 Å². The molecule has 12 atom stereocenters. The van der Waals surface area contributed by atoms with Crippen LogP contribution in [0.15, 0.2) is 173 Å². The molecule has 7 aromatic rings. The second-order valence-corrected chi connectivity index (χ2v) is 28.2. The fraction of sp³-hybridized carbons (Fsp3) is 0.392. The fourth-order valence-electron chi connectivity index (χ4n) is 10.6. The Kier molecular flexibility index (Phi) is 35.3. The van der Waals surface area contributed by atoms with Crippen molar-refractivity contribution in [2.45, 2.75) is 149 Å². The number of benzene rings is 4. The molecular formula is C74H87N9O31P2. The number of nitrogens with zero attached hydrogens (tertiary/aromatic N) is 6. The average Bonchev–Trinajstić information content (AvgIpc) is 1.63. The molecule has 6 heterocycles. The molecule has 3 amide bonds. The van der Waals surface area contributed by atoms with E-state index in [0.717, 1.165) is 20.6 Å². The van der Waals surface area contributed by atoms with Gasteiger partial charge in [0.2, 0.25) is 30.1 Å². The number of aromatic nitrogens is 6. The lowest BCUT2D eigenvalue weighted by Crippen LogP contribution is -2.43. The average molecular weight is 1660 g/mol. The molecule has 4 aromatic carbocycles. The molecule has 1 unspecified atom stereocenters. The van der Waals surface area contributed by atoms with Crippen LogP contribution in [0.2, 0.25) is 0 Å². The first-order valence-corrected chi connectivity index (χ1v) is 39.4. The highest BCUT2D eigenvalue weighted by Crippen LogP contribution is 2.49. The van der Waals surface area contributed by atoms with Crippen molar-refractivity contribution in [3.05, 3.63) is 212 Å². The van der Waals surface area contributed by atoms with Gasteiger partial charge in [0.15, 0.2) is 55.7 Å². The van der Waals surface area contributed by atoms with Crippen molar-refractivity contribution < 1.29 is 133 Å². The Morgan fingerprint density at radius 2 is 0.741 bits per heavy atom. The second kappa shape index (κ2) is 44.6. The topological polar surface area (TPSA) is 529 Å². The minimum absolute atomic E-state index is 0.00233. The van der Waals surface area contributed by atoms with Crippen LogP contribution in [0.25, 0.3) is 0 Å². The van der Waals surface area contributed by atoms with E-state index < -0.39 is 155 Å². The summed E-state index contributed by atoms with van der Waals surface area (Å²) >= 11 is 0. The molecule has 0 bridgehead atoms. The second-order valence-electron chi connectivity index (χ2n) is 24.2. The summed E-state index contributed by atoms with van der Waals surface area (Å²) in [7, 11) is -6.70. The third-order valence-corrected chi connectivity index (χ3v) is 19.4. The molecule has 3 fully saturated rings. The molecule has 3 aliphatic heterocycles. The van der Waals surface area contributed by atoms with Gasteiger partial charge in [-0.2, -0.15) is 15.0 Å². The number of carboxylic acid groups (broad SMARTS) is 1. The molecule has 0 aliphatic carbocycles. The van der Waals surface area contributed by atoms with Crippen molar-refractivity contribution in [3.8, 4) is 0 Å². The van der Waals surface area contributed by atoms with Gasteiger partial charge < -0.3 is 97.1 Å². The molecule has 0 spiro atoms. The normalized spacial score (nSPS) is 20.6. The van der Waals surface area contributed by atoms with E-state index in [0.29, 0.717) is 0 Å². The number of aliphatic hydroxyl groups is 3. The zero-order valence-corrected chi connectivity index (χ0v) is 65.5. The molecule has 0 radical (unpaired) electrons. The first-order chi connectivity index (χ1) is 55.5. The largest absolute Gasteiger partial charge is 0.479 e. The van der Waals surface area contributed by atoms with E-state index in [1.807, 2.05) is 0 Å². The number of esters is 5. The van der Waals surface area contributed by atoms with Gasteiger partial charge in [0, 0.05) is 44.8 Å². The highest BCUT2D eigenvalue weighted by Gasteiger charge is 2.56. The Morgan fingerprint density at radius 1 is 0.422 bits per heavy atom. The van der Waals surface area contributed by atoms with Crippen molar-refractivity contribution in [2.24, 2.45) is 0 Å². The third-order valence-electron chi connectivity index (χ3n) is 16.0. The summed E-state index contributed by atoms with van der Waals surface area (Å²) in [4.78, 5) is 160. The molecule has 40 nitrogen and oxygen atoms in total. The predicted octanol–water partition coefficient (Wildman–Crippen LogP) is 6.10. The molecule has 3 aromatic heterocycles. The fourth-order valence-corrected chi connectivity index (χ4v) is 13.0. The molecule has 7 N–H and O–H groups in total. The quantitative estimate of drug-likeness (QED) is 0.0147. The van der Waals surface area contributed by atoms with Gasteiger partial charge in [0.25, 0.3) is 0 Å². The zero-order valence-electron chi connectivity index (χ0n) is 63.7. The Hall–Kier alpha value is -11.2. The number of amides is 3. The lowest BCUT2D eigenvalue weighted by molar-refractivity contribution is -0.191. The molecule has 10 rings (SSSR count). The summed E-state index contributed by atoms with van der Waals surface area (Å²) in [5.74, 6) is -6.63. The lowest BCUT2D eigenvalue weighted by atomic mass is 10.1. The highest BCUT2D eigenvalue weighted by atomic mass is 31.2. The minimum Gasteiger partial charge on any atom is -0.479 e. The van der Waals surface area contributed by atoms with Crippen LogP contribution < -0.4 is 33.0 Å². The predicted molar refractivity (Wildman–Crippen MR) is 403 cm³/mol. The Labute approximate surface area is 661 Å². The van der Waals surface area contributed by atoms with Crippen molar-refractivity contribution in [3.63, 3.8) is 0 Å². The summed E-state index contributed by atoms with van der Waals surface area (Å²) < 4.78 is 95.8. The lowest BCUT2D eigenvalue weighted by Gasteiger charge is -2.24. The monoisotopic (exact) mass is 1660 g/mol. The number of carbonyl (C=O) groups excluding carboxylic acids is 8. The molecule has 3 saturated heterocycles. The molecule has 0 saturated carbocycles. The Morgan fingerprint density at radius 3 is 1.07 bits per heavy atom. The number of carboxylic acids is 1. The first kappa shape index (κ1) is 91.9. The number of aliphatic carboxylic acids is 1. The molecule has 624 valence electrons. The van der Waals surface area contributed by atoms with Crippen LogP contribution in [-0.2, 0) is 93.8 Å². The van der Waals surface area contributed by atoms with Crippen LogP contribution in [0.1, 0.15) is 135 Å². The maximum Gasteiger partial charge on any atom is 0.356 e. The number of anilines is 3. The van der Waals surface area contributed by atoms with E-state index >= 15 is 0 Å². The van der Waals surface area contributed by atoms with Gasteiger partial charge in [-0.25, -0.2) is 38.4 Å². The smallest absolute Gasteiger partial charge is 0.356 e. The molecule has 3 aliphatic rings. The van der Waals surface area contributed by atoms with Gasteiger partial charge >= 0.3 is 68.1 Å². The summed E-state index contributed by atoms with van der Waals surface area (Å²) in [5, 5.41) is 46.2. The number of aliphatic hydroxyl groups excluding tert-OH is 3. The van der Waals surface area contributed by atoms with Gasteiger partial charge in [0.1, 0.15) is 36.0 Å². The van der Waals surface area contributed by atoms with E-state index in [9.17, 15) is 82.0 Å². The van der Waals surface area contributed by atoms with Gasteiger partial charge in [-0.15, -0.1) is 0 Å². The van der Waals surface area contributed by atoms with Crippen molar-refractivity contribution in [1.29, 1.82) is 0 Å². The summed E-state index contributed by atoms with van der Waals surface area (Å²) in [6.07, 6.45) is -14.8. The van der Waals surface area contributed by atoms with Crippen LogP contribution in [0, 0.1) is 0 Å². The van der Waals surface area contributed by atoms with Crippen molar-refractivity contribution in [1.82, 2.24) is 28.7 Å². The SMILES string of the molecule is CCC(=O)Nc1ccn([C@@H]2OC(OC(C)=O)[C@@H](OC(=O)c3ccccc3)[C@@H]2OC(=O)c2ccccc2)c(=O)n1.CCC(=O)Nc1ccn([C@@H]2O[C@H](C(=O)O)[C@@H](OC(=O)c3ccccc3)[C@@H]2OC(=O)c2ccccc2)c(=O)n1.CCOP(=O)(CO)OCC.CCOP(=O)(CO[C@H]1O[C@@H](n2ccc(NC(=O)CC)nc2=O)[C@@H](O)[C@@H]1O)OCC. The van der Waals surface area contributed by atoms with E-state index in [1.54, 1.807) is 121 Å². The first-order valence-electron chi connectivity index (χ1n) is 35.9. The van der Waals surface area contributed by atoms with Crippen LogP contribution in [0.4, 0.5) is 17.5 Å². The van der Waals surface area contributed by atoms with E-state index in [4.69, 9.17) is 65.8 Å². The minimum atomic E-state index is -3.56. The summed E-state index contributed by atoms with van der Waals surface area (Å²) in [5.41, 5.74) is -1.97. The van der Waals surface area contributed by atoms with E-state index in [-0.39, 0.29) is 103 Å². The number of rotatable bonds is 31. The highest BCUT2D eigenvalue weighted by molar-refractivity contribution is 7.53. The van der Waals surface area contributed by atoms with Crippen LogP contribution in [0.3, 0.4) is 0 Å². The number of hydrogen-bond donors (Lipinski definition) is 7. The maximum atomic E-state index is 13.0. The molecular weight excluding hydrogens is 1570 g/mol. The van der Waals surface area contributed by atoms with Crippen molar-refractivity contribution in [2.75, 3.05) is 55.1 Å². The van der Waals surface area contributed by atoms with Gasteiger partial charge in [-0.1, -0.05) is 93.6 Å². The zero-order chi connectivity index (χ0) is 84.8. The number of ether oxygens (including phenoxy) is 9. The number of hydrogen-bond acceptors (Lipinski definition) is 33. The van der Waals surface area contributed by atoms with Crippen LogP contribution in [0.5, 0.6) is 0 Å². The number of nitrogens with one attached hydrogen (secondary N) is 3. The maximum absolute atomic E-state index is 13.0. The van der Waals surface area contributed by atoms with E-state index in [1.165, 1.54) is 85.3 Å². The van der Waals surface area contributed by atoms with Gasteiger partial charge in [-0.05, 0) is 94.4 Å². The van der Waals surface area contributed by atoms with Gasteiger partial charge in [-0.3, -0.25) is 42.0 Å².